The minimum absolute atomic E-state index is 0.0194. The number of hydrogen-bond donors (Lipinski definition) is 2. The monoisotopic (exact) mass is 162 g/mol. The highest BCUT2D eigenvalue weighted by Crippen LogP contribution is 2.16. The quantitative estimate of drug-likeness (QED) is 0.526. The molecule has 0 heterocycles. The summed E-state index contributed by atoms with van der Waals surface area (Å²) in [6.45, 7) is 3.64. The lowest BCUT2D eigenvalue weighted by molar-refractivity contribution is 0.742. The third-order valence-electron chi connectivity index (χ3n) is 1.76. The van der Waals surface area contributed by atoms with Gasteiger partial charge in [-0.3, -0.25) is 0 Å². The van der Waals surface area contributed by atoms with Crippen LogP contribution in [0.25, 0.3) is 0 Å². The predicted octanol–water partition coefficient (Wildman–Crippen LogP) is 1.84. The molecule has 1 aromatic rings. The Kier molecular flexibility index (Phi) is 2.88. The van der Waals surface area contributed by atoms with E-state index in [-0.39, 0.29) is 6.04 Å². The Balaban J connectivity index is 2.80. The van der Waals surface area contributed by atoms with E-state index in [1.54, 1.807) is 0 Å². The van der Waals surface area contributed by atoms with Gasteiger partial charge >= 0.3 is 0 Å². The fraction of sp³-hybridized carbons (Fsp3) is 0.200. The van der Waals surface area contributed by atoms with Crippen LogP contribution in [0.3, 0.4) is 0 Å². The van der Waals surface area contributed by atoms with Gasteiger partial charge in [-0.1, -0.05) is 18.2 Å². The van der Waals surface area contributed by atoms with Crippen LogP contribution in [0.5, 0.6) is 0 Å². The van der Waals surface area contributed by atoms with Crippen LogP contribution < -0.4 is 11.5 Å². The first kappa shape index (κ1) is 8.81. The molecule has 1 unspecified atom stereocenters. The lowest BCUT2D eigenvalue weighted by atomic mass is 10.0. The number of rotatable bonds is 3. The van der Waals surface area contributed by atoms with Gasteiger partial charge in [0.25, 0.3) is 0 Å². The highest BCUT2D eigenvalue weighted by Gasteiger charge is 2.02. The highest BCUT2D eigenvalue weighted by atomic mass is 14.6. The normalized spacial score (nSPS) is 12.4. The number of hydrogen-bond acceptors (Lipinski definition) is 2. The van der Waals surface area contributed by atoms with Gasteiger partial charge in [0, 0.05) is 11.7 Å². The first-order valence-electron chi connectivity index (χ1n) is 3.96. The molecule has 0 saturated carbocycles. The molecular weight excluding hydrogens is 148 g/mol. The van der Waals surface area contributed by atoms with Crippen LogP contribution in [-0.2, 0) is 0 Å². The second-order valence-electron chi connectivity index (χ2n) is 2.80. The van der Waals surface area contributed by atoms with E-state index in [4.69, 9.17) is 11.5 Å². The van der Waals surface area contributed by atoms with Crippen molar-refractivity contribution in [2.24, 2.45) is 5.73 Å². The number of nitrogens with two attached hydrogens (primary N) is 2. The Bertz CT molecular complexity index is 268. The van der Waals surface area contributed by atoms with Crippen molar-refractivity contribution in [2.75, 3.05) is 5.73 Å². The molecule has 12 heavy (non-hydrogen) atoms. The van der Waals surface area contributed by atoms with Gasteiger partial charge in [-0.25, -0.2) is 0 Å². The van der Waals surface area contributed by atoms with E-state index >= 15 is 0 Å². The van der Waals surface area contributed by atoms with Crippen molar-refractivity contribution in [1.82, 2.24) is 0 Å². The molecule has 4 N–H and O–H groups in total. The lowest BCUT2D eigenvalue weighted by Gasteiger charge is -2.09. The second kappa shape index (κ2) is 3.93. The molecule has 2 nitrogen and oxygen atoms in total. The van der Waals surface area contributed by atoms with Crippen molar-refractivity contribution >= 4 is 5.69 Å². The van der Waals surface area contributed by atoms with Crippen LogP contribution in [0.1, 0.15) is 18.0 Å². The molecule has 64 valence electrons. The van der Waals surface area contributed by atoms with E-state index in [9.17, 15) is 0 Å². The van der Waals surface area contributed by atoms with Crippen molar-refractivity contribution in [3.63, 3.8) is 0 Å². The number of benzene rings is 1. The van der Waals surface area contributed by atoms with E-state index in [0.29, 0.717) is 0 Å². The Morgan fingerprint density at radius 3 is 2.83 bits per heavy atom. The van der Waals surface area contributed by atoms with Gasteiger partial charge in [0.15, 0.2) is 0 Å². The summed E-state index contributed by atoms with van der Waals surface area (Å²) in [4.78, 5) is 0. The maximum absolute atomic E-state index is 5.85. The van der Waals surface area contributed by atoms with Crippen LogP contribution >= 0.6 is 0 Å². The summed E-state index contributed by atoms with van der Waals surface area (Å²) in [5.41, 5.74) is 13.3. The zero-order valence-corrected chi connectivity index (χ0v) is 7.03. The highest BCUT2D eigenvalue weighted by molar-refractivity contribution is 5.41. The Morgan fingerprint density at radius 1 is 1.50 bits per heavy atom. The molecule has 1 atom stereocenters. The van der Waals surface area contributed by atoms with Crippen molar-refractivity contribution < 1.29 is 0 Å². The molecule has 0 aromatic heterocycles. The van der Waals surface area contributed by atoms with Gasteiger partial charge in [0.1, 0.15) is 0 Å². The van der Waals surface area contributed by atoms with E-state index in [2.05, 4.69) is 6.58 Å². The van der Waals surface area contributed by atoms with Crippen molar-refractivity contribution in [1.29, 1.82) is 0 Å². The number of nitrogen functional groups attached to an aromatic ring is 1. The molecule has 0 aliphatic rings. The van der Waals surface area contributed by atoms with Crippen LogP contribution in [0.15, 0.2) is 36.9 Å². The van der Waals surface area contributed by atoms with Crippen molar-refractivity contribution in [2.45, 2.75) is 12.5 Å². The van der Waals surface area contributed by atoms with Gasteiger partial charge in [-0.05, 0) is 24.1 Å². The molecule has 0 bridgehead atoms. The van der Waals surface area contributed by atoms with E-state index in [1.165, 1.54) is 0 Å². The van der Waals surface area contributed by atoms with Crippen LogP contribution in [-0.4, -0.2) is 0 Å². The topological polar surface area (TPSA) is 52.0 Å². The van der Waals surface area contributed by atoms with E-state index in [0.717, 1.165) is 17.7 Å². The molecule has 0 aliphatic heterocycles. The van der Waals surface area contributed by atoms with Gasteiger partial charge in [-0.2, -0.15) is 0 Å². The maximum atomic E-state index is 5.85. The van der Waals surface area contributed by atoms with Gasteiger partial charge in [0.05, 0.1) is 0 Å². The molecule has 0 radical (unpaired) electrons. The SMILES string of the molecule is C=CCC(N)c1cccc(N)c1. The predicted molar refractivity (Wildman–Crippen MR) is 52.6 cm³/mol. The van der Waals surface area contributed by atoms with E-state index < -0.39 is 0 Å². The fourth-order valence-electron chi connectivity index (χ4n) is 1.11. The molecule has 0 amide bonds. The fourth-order valence-corrected chi connectivity index (χ4v) is 1.11. The maximum Gasteiger partial charge on any atom is 0.0330 e. The second-order valence-corrected chi connectivity index (χ2v) is 2.80. The Hall–Kier alpha value is -1.28. The first-order valence-corrected chi connectivity index (χ1v) is 3.96. The summed E-state index contributed by atoms with van der Waals surface area (Å²) >= 11 is 0. The van der Waals surface area contributed by atoms with Crippen molar-refractivity contribution in [3.8, 4) is 0 Å². The van der Waals surface area contributed by atoms with Crippen molar-refractivity contribution in [3.05, 3.63) is 42.5 Å². The third kappa shape index (κ3) is 2.10. The molecule has 0 fully saturated rings. The van der Waals surface area contributed by atoms with E-state index in [1.807, 2.05) is 30.3 Å². The summed E-state index contributed by atoms with van der Waals surface area (Å²) in [6, 6.07) is 7.65. The minimum Gasteiger partial charge on any atom is -0.399 e. The standard InChI is InChI=1S/C10H14N2/c1-2-4-10(12)8-5-3-6-9(11)7-8/h2-3,5-7,10H,1,4,11-12H2. The lowest BCUT2D eigenvalue weighted by Crippen LogP contribution is -2.09. The first-order chi connectivity index (χ1) is 5.74. The molecule has 0 aliphatic carbocycles. The molecule has 1 rings (SSSR count). The summed E-state index contributed by atoms with van der Waals surface area (Å²) in [5.74, 6) is 0. The zero-order valence-electron chi connectivity index (χ0n) is 7.03. The Morgan fingerprint density at radius 2 is 2.25 bits per heavy atom. The average Bonchev–Trinajstić information content (AvgIpc) is 2.05. The summed E-state index contributed by atoms with van der Waals surface area (Å²) < 4.78 is 0. The summed E-state index contributed by atoms with van der Waals surface area (Å²) in [6.07, 6.45) is 2.59. The van der Waals surface area contributed by atoms with Crippen LogP contribution in [0.4, 0.5) is 5.69 Å². The van der Waals surface area contributed by atoms with Gasteiger partial charge in [0.2, 0.25) is 0 Å². The minimum atomic E-state index is 0.0194. The Labute approximate surface area is 72.9 Å². The molecule has 0 saturated heterocycles. The van der Waals surface area contributed by atoms with Gasteiger partial charge in [-0.15, -0.1) is 6.58 Å². The smallest absolute Gasteiger partial charge is 0.0330 e. The molecule has 0 spiro atoms. The third-order valence-corrected chi connectivity index (χ3v) is 1.76. The molecule has 2 heteroatoms. The molecule has 1 aromatic carbocycles. The van der Waals surface area contributed by atoms with Crippen LogP contribution in [0.2, 0.25) is 0 Å². The van der Waals surface area contributed by atoms with Gasteiger partial charge < -0.3 is 11.5 Å². The number of anilines is 1. The molecular formula is C10H14N2. The average molecular weight is 162 g/mol. The largest absolute Gasteiger partial charge is 0.399 e. The zero-order chi connectivity index (χ0) is 8.97. The summed E-state index contributed by atoms with van der Waals surface area (Å²) in [7, 11) is 0. The summed E-state index contributed by atoms with van der Waals surface area (Å²) in [5, 5.41) is 0. The van der Waals surface area contributed by atoms with Crippen LogP contribution in [0, 0.1) is 0 Å².